The second-order valence-electron chi connectivity index (χ2n) is 24.0. The van der Waals surface area contributed by atoms with Crippen LogP contribution in [0.25, 0.3) is 0 Å². The molecular formula is C55H92O19. The van der Waals surface area contributed by atoms with Gasteiger partial charge < -0.3 is 82.0 Å². The van der Waals surface area contributed by atoms with Crippen LogP contribution in [0.5, 0.6) is 0 Å². The number of ether oxygens (including phenoxy) is 13. The summed E-state index contributed by atoms with van der Waals surface area (Å²) >= 11 is 0. The molecule has 1 unspecified atom stereocenters. The Morgan fingerprint density at radius 2 is 1.16 bits per heavy atom. The van der Waals surface area contributed by atoms with Crippen molar-refractivity contribution in [2.75, 3.05) is 21.3 Å². The molecule has 0 aromatic heterocycles. The lowest BCUT2D eigenvalue weighted by Gasteiger charge is -2.66. The molecule has 0 bridgehead atoms. The highest BCUT2D eigenvalue weighted by atomic mass is 16.8. The van der Waals surface area contributed by atoms with E-state index in [1.807, 2.05) is 34.6 Å². The van der Waals surface area contributed by atoms with Gasteiger partial charge in [-0.2, -0.15) is 0 Å². The maximum atomic E-state index is 13.1. The van der Waals surface area contributed by atoms with Crippen molar-refractivity contribution < 1.29 is 91.6 Å². The molecule has 8 fully saturated rings. The normalized spacial score (nSPS) is 50.4. The molecule has 4 aliphatic heterocycles. The fourth-order valence-electron chi connectivity index (χ4n) is 15.3. The third kappa shape index (κ3) is 10.9. The number of hydrogen-bond acceptors (Lipinski definition) is 19. The predicted octanol–water partition coefficient (Wildman–Crippen LogP) is 5.24. The van der Waals surface area contributed by atoms with E-state index in [4.69, 9.17) is 61.6 Å². The second kappa shape index (κ2) is 23.2. The van der Waals surface area contributed by atoms with Crippen LogP contribution in [0.3, 0.4) is 0 Å². The van der Waals surface area contributed by atoms with Crippen molar-refractivity contribution in [1.82, 2.24) is 0 Å². The zero-order chi connectivity index (χ0) is 53.8. The Morgan fingerprint density at radius 3 is 1.70 bits per heavy atom. The molecule has 8 aliphatic rings. The van der Waals surface area contributed by atoms with Gasteiger partial charge in [-0.1, -0.05) is 27.7 Å². The molecule has 4 aliphatic carbocycles. The standard InChI is InChI=1S/C55H92O19/c1-14-27(2)51(59)69-32(7)54(60)19-20-55(61)36-16-15-34-21-35(17-18-52(34,9)37(36)22-42(53(54,55)10)70-33(8)56)71-43-23-38(57)48(29(4)66-43)72-45-25-40(63-12)50(30(5)67-45)74-46-26-41(64-13)49(31(6)68-46)73-44-24-39(62-11)47(58)28(3)65-44/h27-32,34-50,57-58,60-61H,14-26H2,1-13H3/t27?,28-,29-,30-,31-,32-,34+,35+,36-,37+,38+,39-,40+,41-,42-,43+,44+,45+,46+,47-,48-,49-,50-,52+,53-,54-,55+/m1/s1. The van der Waals surface area contributed by atoms with Gasteiger partial charge in [0.15, 0.2) is 25.2 Å². The van der Waals surface area contributed by atoms with Crippen LogP contribution in [0.4, 0.5) is 0 Å². The minimum Gasteiger partial charge on any atom is -0.462 e. The van der Waals surface area contributed by atoms with Crippen molar-refractivity contribution in [2.45, 2.75) is 281 Å². The Hall–Kier alpha value is -1.66. The monoisotopic (exact) mass is 1060 g/mol. The van der Waals surface area contributed by atoms with Gasteiger partial charge in [-0.15, -0.1) is 0 Å². The molecule has 4 saturated heterocycles. The van der Waals surface area contributed by atoms with Crippen molar-refractivity contribution in [1.29, 1.82) is 0 Å². The average molecular weight is 1060 g/mol. The Bertz CT molecular complexity index is 1880. The van der Waals surface area contributed by atoms with Gasteiger partial charge >= 0.3 is 11.9 Å². The fourth-order valence-corrected chi connectivity index (χ4v) is 15.3. The number of aliphatic hydroxyl groups excluding tert-OH is 2. The molecule has 0 aromatic rings. The van der Waals surface area contributed by atoms with Gasteiger partial charge in [0.1, 0.15) is 42.2 Å². The zero-order valence-corrected chi connectivity index (χ0v) is 46.4. The maximum absolute atomic E-state index is 13.1. The Labute approximate surface area is 438 Å². The van der Waals surface area contributed by atoms with E-state index in [0.29, 0.717) is 38.5 Å². The molecule has 4 saturated carbocycles. The van der Waals surface area contributed by atoms with Crippen LogP contribution in [0.15, 0.2) is 0 Å². The van der Waals surface area contributed by atoms with Gasteiger partial charge in [-0.25, -0.2) is 0 Å². The van der Waals surface area contributed by atoms with Gasteiger partial charge in [-0.05, 0) is 116 Å². The lowest BCUT2D eigenvalue weighted by atomic mass is 9.42. The number of rotatable bonds is 16. The highest BCUT2D eigenvalue weighted by Crippen LogP contribution is 2.71. The molecule has 0 radical (unpaired) electrons. The van der Waals surface area contributed by atoms with Gasteiger partial charge in [0, 0.05) is 53.9 Å². The quantitative estimate of drug-likeness (QED) is 0.114. The van der Waals surface area contributed by atoms with E-state index >= 15 is 0 Å². The van der Waals surface area contributed by atoms with E-state index in [1.165, 1.54) is 6.92 Å². The van der Waals surface area contributed by atoms with Crippen LogP contribution in [0, 0.1) is 34.5 Å². The summed E-state index contributed by atoms with van der Waals surface area (Å²) in [6, 6.07) is 0. The first kappa shape index (κ1) is 58.5. The summed E-state index contributed by atoms with van der Waals surface area (Å²) in [5.41, 5.74) is -4.47. The summed E-state index contributed by atoms with van der Waals surface area (Å²) in [7, 11) is 4.82. The number of carbonyl (C=O) groups excluding carboxylic acids is 2. The maximum Gasteiger partial charge on any atom is 0.309 e. The summed E-state index contributed by atoms with van der Waals surface area (Å²) in [4.78, 5) is 25.8. The average Bonchev–Trinajstić information content (AvgIpc) is 3.58. The van der Waals surface area contributed by atoms with Crippen molar-refractivity contribution in [3.05, 3.63) is 0 Å². The third-order valence-electron chi connectivity index (χ3n) is 20.1. The number of fused-ring (bicyclic) bond motifs is 5. The van der Waals surface area contributed by atoms with Crippen LogP contribution in [0.2, 0.25) is 0 Å². The molecule has 19 heteroatoms. The smallest absolute Gasteiger partial charge is 0.309 e. The Kier molecular flexibility index (Phi) is 18.3. The van der Waals surface area contributed by atoms with E-state index < -0.39 is 133 Å². The van der Waals surface area contributed by atoms with Crippen molar-refractivity contribution >= 4 is 11.9 Å². The van der Waals surface area contributed by atoms with Crippen LogP contribution in [0.1, 0.15) is 153 Å². The molecule has 0 spiro atoms. The van der Waals surface area contributed by atoms with Gasteiger partial charge in [0.2, 0.25) is 0 Å². The lowest BCUT2D eigenvalue weighted by molar-refractivity contribution is -0.347. The molecular weight excluding hydrogens is 965 g/mol. The van der Waals surface area contributed by atoms with E-state index in [9.17, 15) is 30.0 Å². The molecule has 8 rings (SSSR count). The molecule has 0 aromatic carbocycles. The highest BCUT2D eigenvalue weighted by molar-refractivity contribution is 5.72. The molecule has 19 nitrogen and oxygen atoms in total. The van der Waals surface area contributed by atoms with Crippen LogP contribution >= 0.6 is 0 Å². The van der Waals surface area contributed by atoms with Crippen molar-refractivity contribution in [3.63, 3.8) is 0 Å². The summed E-state index contributed by atoms with van der Waals surface area (Å²) < 4.78 is 80.8. The third-order valence-corrected chi connectivity index (χ3v) is 20.1. The van der Waals surface area contributed by atoms with Crippen LogP contribution in [-0.4, -0.2) is 182 Å². The molecule has 4 heterocycles. The molecule has 74 heavy (non-hydrogen) atoms. The number of methoxy groups -OCH3 is 3. The van der Waals surface area contributed by atoms with E-state index in [0.717, 1.165) is 32.1 Å². The zero-order valence-electron chi connectivity index (χ0n) is 46.4. The summed E-state index contributed by atoms with van der Waals surface area (Å²) in [5.74, 6) is -1.11. The van der Waals surface area contributed by atoms with Crippen molar-refractivity contribution in [2.24, 2.45) is 34.5 Å². The molecule has 426 valence electrons. The largest absolute Gasteiger partial charge is 0.462 e. The minimum atomic E-state index is -1.62. The second-order valence-corrected chi connectivity index (χ2v) is 24.0. The molecule has 0 amide bonds. The summed E-state index contributed by atoms with van der Waals surface area (Å²) in [6.07, 6.45) is -4.00. The highest BCUT2D eigenvalue weighted by Gasteiger charge is 2.77. The van der Waals surface area contributed by atoms with Gasteiger partial charge in [-0.3, -0.25) is 9.59 Å². The first-order valence-corrected chi connectivity index (χ1v) is 28.0. The van der Waals surface area contributed by atoms with Crippen LogP contribution < -0.4 is 0 Å². The van der Waals surface area contributed by atoms with Crippen LogP contribution in [-0.2, 0) is 71.2 Å². The minimum absolute atomic E-state index is 0.00849. The number of esters is 2. The van der Waals surface area contributed by atoms with Crippen molar-refractivity contribution in [3.8, 4) is 0 Å². The molecule has 27 atom stereocenters. The summed E-state index contributed by atoms with van der Waals surface area (Å²) in [6.45, 7) is 18.4. The van der Waals surface area contributed by atoms with Gasteiger partial charge in [0.25, 0.3) is 0 Å². The lowest BCUT2D eigenvalue weighted by Crippen LogP contribution is -2.72. The molecule has 4 N–H and O–H groups in total. The Balaban J connectivity index is 0.837. The first-order chi connectivity index (χ1) is 34.9. The number of carbonyl (C=O) groups is 2. The summed E-state index contributed by atoms with van der Waals surface area (Å²) in [5, 5.41) is 47.8. The van der Waals surface area contributed by atoms with E-state index in [-0.39, 0.29) is 54.1 Å². The topological polar surface area (TPSA) is 235 Å². The number of aliphatic hydroxyl groups is 4. The predicted molar refractivity (Wildman–Crippen MR) is 264 cm³/mol. The Morgan fingerprint density at radius 1 is 0.635 bits per heavy atom. The van der Waals surface area contributed by atoms with E-state index in [2.05, 4.69) is 6.92 Å². The van der Waals surface area contributed by atoms with Gasteiger partial charge in [0.05, 0.1) is 71.9 Å². The SMILES string of the molecule is CCC(C)C(=O)O[C@H](C)[C@]1(O)CC[C@]2(O)[C@@H]3CC[C@H]4C[C@@H](O[C@H]5C[C@H](O)[C@H](O[C@H]6C[C@H](OC)[C@H](O[C@H]7C[C@@H](OC)[C@H](O[C@H]8C[C@@H](OC)[C@H](O)[C@@H](C)O8)[C@@H](C)O7)[C@@H](C)O6)[C@@H](C)O5)CC[C@]4(C)[C@H]3C[C@@H](OC(C)=O)[C@]12C. The first-order valence-electron chi connectivity index (χ1n) is 28.0. The fraction of sp³-hybridized carbons (Fsp3) is 0.964. The number of hydrogen-bond donors (Lipinski definition) is 4. The van der Waals surface area contributed by atoms with E-state index in [1.54, 1.807) is 42.1 Å².